The Morgan fingerprint density at radius 3 is 2.32 bits per heavy atom. The van der Waals surface area contributed by atoms with Crippen molar-refractivity contribution in [3.05, 3.63) is 40.7 Å². The van der Waals surface area contributed by atoms with E-state index in [1.54, 1.807) is 6.33 Å². The normalized spacial score (nSPS) is 10.6. The third kappa shape index (κ3) is 2.46. The lowest BCUT2D eigenvalue weighted by molar-refractivity contribution is 1.05. The summed E-state index contributed by atoms with van der Waals surface area (Å²) in [7, 11) is 1.90. The highest BCUT2D eigenvalue weighted by Gasteiger charge is 2.13. The predicted molar refractivity (Wildman–Crippen MR) is 80.6 cm³/mol. The topological polar surface area (TPSA) is 37.8 Å². The van der Waals surface area contributed by atoms with Gasteiger partial charge in [0.15, 0.2) is 0 Å². The van der Waals surface area contributed by atoms with E-state index in [-0.39, 0.29) is 0 Å². The molecule has 0 aliphatic rings. The molecule has 1 aromatic heterocycles. The molecule has 2 rings (SSSR count). The van der Waals surface area contributed by atoms with Crippen LogP contribution in [0.2, 0.25) is 0 Å². The van der Waals surface area contributed by atoms with Crippen molar-refractivity contribution in [1.29, 1.82) is 0 Å². The number of rotatable bonds is 3. The molecule has 19 heavy (non-hydrogen) atoms. The number of aromatic nitrogens is 2. The number of hydrogen-bond donors (Lipinski definition) is 1. The van der Waals surface area contributed by atoms with Crippen molar-refractivity contribution in [2.45, 2.75) is 34.1 Å². The molecule has 100 valence electrons. The number of benzene rings is 1. The van der Waals surface area contributed by atoms with E-state index in [1.807, 2.05) is 7.05 Å². The smallest absolute Gasteiger partial charge is 0.132 e. The SMILES string of the molecule is CCc1c(NC)ncnc1-c1cc(C)c(C)cc1C. The second-order valence-electron chi connectivity index (χ2n) is 4.90. The number of anilines is 1. The van der Waals surface area contributed by atoms with E-state index < -0.39 is 0 Å². The molecule has 0 bridgehead atoms. The van der Waals surface area contributed by atoms with Gasteiger partial charge in [-0.25, -0.2) is 9.97 Å². The van der Waals surface area contributed by atoms with Crippen molar-refractivity contribution in [2.75, 3.05) is 12.4 Å². The van der Waals surface area contributed by atoms with E-state index in [0.717, 1.165) is 17.9 Å². The monoisotopic (exact) mass is 255 g/mol. The van der Waals surface area contributed by atoms with Gasteiger partial charge in [0.1, 0.15) is 12.1 Å². The van der Waals surface area contributed by atoms with Crippen molar-refractivity contribution in [3.63, 3.8) is 0 Å². The molecule has 0 saturated carbocycles. The number of aryl methyl sites for hydroxylation is 3. The minimum Gasteiger partial charge on any atom is -0.373 e. The first-order valence-electron chi connectivity index (χ1n) is 6.68. The Labute approximate surface area is 115 Å². The fourth-order valence-electron chi connectivity index (χ4n) is 2.41. The molecule has 0 saturated heterocycles. The summed E-state index contributed by atoms with van der Waals surface area (Å²) in [5.41, 5.74) is 7.31. The van der Waals surface area contributed by atoms with Crippen molar-refractivity contribution in [2.24, 2.45) is 0 Å². The van der Waals surface area contributed by atoms with Gasteiger partial charge in [-0.2, -0.15) is 0 Å². The van der Waals surface area contributed by atoms with Gasteiger partial charge < -0.3 is 5.32 Å². The standard InChI is InChI=1S/C16H21N3/c1-6-13-15(18-9-19-16(13)17-5)14-8-11(3)10(2)7-12(14)4/h7-9H,6H2,1-5H3,(H,17,18,19). The van der Waals surface area contributed by atoms with Gasteiger partial charge in [-0.1, -0.05) is 13.0 Å². The zero-order valence-corrected chi connectivity index (χ0v) is 12.3. The Kier molecular flexibility index (Phi) is 3.84. The molecule has 0 spiro atoms. The van der Waals surface area contributed by atoms with Crippen LogP contribution in [0.3, 0.4) is 0 Å². The summed E-state index contributed by atoms with van der Waals surface area (Å²) in [6, 6.07) is 4.46. The van der Waals surface area contributed by atoms with E-state index in [0.29, 0.717) is 0 Å². The van der Waals surface area contributed by atoms with Gasteiger partial charge in [0.2, 0.25) is 0 Å². The van der Waals surface area contributed by atoms with Crippen LogP contribution >= 0.6 is 0 Å². The first-order valence-corrected chi connectivity index (χ1v) is 6.68. The fraction of sp³-hybridized carbons (Fsp3) is 0.375. The molecule has 1 heterocycles. The maximum Gasteiger partial charge on any atom is 0.132 e. The molecule has 1 N–H and O–H groups in total. The fourth-order valence-corrected chi connectivity index (χ4v) is 2.41. The Balaban J connectivity index is 2.68. The second-order valence-corrected chi connectivity index (χ2v) is 4.90. The first kappa shape index (κ1) is 13.5. The van der Waals surface area contributed by atoms with Crippen LogP contribution in [0.15, 0.2) is 18.5 Å². The van der Waals surface area contributed by atoms with Crippen LogP contribution in [0.5, 0.6) is 0 Å². The molecule has 3 nitrogen and oxygen atoms in total. The van der Waals surface area contributed by atoms with Crippen LogP contribution < -0.4 is 5.32 Å². The molecule has 0 aliphatic heterocycles. The zero-order valence-electron chi connectivity index (χ0n) is 12.3. The summed E-state index contributed by atoms with van der Waals surface area (Å²) < 4.78 is 0. The highest BCUT2D eigenvalue weighted by atomic mass is 15.0. The van der Waals surface area contributed by atoms with Crippen LogP contribution in [-0.2, 0) is 6.42 Å². The van der Waals surface area contributed by atoms with Crippen LogP contribution in [0.1, 0.15) is 29.2 Å². The van der Waals surface area contributed by atoms with Gasteiger partial charge in [-0.15, -0.1) is 0 Å². The minimum absolute atomic E-state index is 0.915. The molecule has 0 radical (unpaired) electrons. The number of nitrogens with one attached hydrogen (secondary N) is 1. The molecule has 0 aliphatic carbocycles. The Morgan fingerprint density at radius 2 is 1.68 bits per heavy atom. The average Bonchev–Trinajstić information content (AvgIpc) is 2.41. The van der Waals surface area contributed by atoms with Crippen molar-refractivity contribution in [3.8, 4) is 11.3 Å². The molecular formula is C16H21N3. The van der Waals surface area contributed by atoms with Crippen LogP contribution in [0, 0.1) is 20.8 Å². The van der Waals surface area contributed by atoms with Crippen molar-refractivity contribution < 1.29 is 0 Å². The first-order chi connectivity index (χ1) is 9.08. The summed E-state index contributed by atoms with van der Waals surface area (Å²) in [5.74, 6) is 0.921. The highest BCUT2D eigenvalue weighted by Crippen LogP contribution is 2.30. The molecule has 3 heteroatoms. The Morgan fingerprint density at radius 1 is 1.00 bits per heavy atom. The third-order valence-electron chi connectivity index (χ3n) is 3.63. The lowest BCUT2D eigenvalue weighted by Crippen LogP contribution is -2.03. The summed E-state index contributed by atoms with van der Waals surface area (Å²) in [4.78, 5) is 8.81. The summed E-state index contributed by atoms with van der Waals surface area (Å²) in [6.07, 6.45) is 2.55. The molecule has 0 atom stereocenters. The molecule has 0 amide bonds. The van der Waals surface area contributed by atoms with Crippen LogP contribution in [0.25, 0.3) is 11.3 Å². The predicted octanol–water partition coefficient (Wildman–Crippen LogP) is 3.67. The van der Waals surface area contributed by atoms with Crippen LogP contribution in [0.4, 0.5) is 5.82 Å². The third-order valence-corrected chi connectivity index (χ3v) is 3.63. The molecule has 0 fully saturated rings. The van der Waals surface area contributed by atoms with Gasteiger partial charge in [0.25, 0.3) is 0 Å². The van der Waals surface area contributed by atoms with E-state index >= 15 is 0 Å². The van der Waals surface area contributed by atoms with Gasteiger partial charge in [-0.3, -0.25) is 0 Å². The van der Waals surface area contributed by atoms with Gasteiger partial charge in [0.05, 0.1) is 5.69 Å². The summed E-state index contributed by atoms with van der Waals surface area (Å²) in [6.45, 7) is 8.57. The highest BCUT2D eigenvalue weighted by molar-refractivity contribution is 5.72. The van der Waals surface area contributed by atoms with Crippen LogP contribution in [-0.4, -0.2) is 17.0 Å². The van der Waals surface area contributed by atoms with Gasteiger partial charge in [-0.05, 0) is 49.9 Å². The molecule has 0 unspecified atom stereocenters. The van der Waals surface area contributed by atoms with Crippen molar-refractivity contribution >= 4 is 5.82 Å². The van der Waals surface area contributed by atoms with Gasteiger partial charge >= 0.3 is 0 Å². The molecule has 2 aromatic rings. The zero-order chi connectivity index (χ0) is 14.0. The quantitative estimate of drug-likeness (QED) is 0.909. The Hall–Kier alpha value is -1.90. The molecular weight excluding hydrogens is 234 g/mol. The lowest BCUT2D eigenvalue weighted by atomic mass is 9.95. The van der Waals surface area contributed by atoms with E-state index in [2.05, 4.69) is 55.1 Å². The largest absolute Gasteiger partial charge is 0.373 e. The number of hydrogen-bond acceptors (Lipinski definition) is 3. The summed E-state index contributed by atoms with van der Waals surface area (Å²) >= 11 is 0. The Bertz CT molecular complexity index is 603. The van der Waals surface area contributed by atoms with Crippen molar-refractivity contribution in [1.82, 2.24) is 9.97 Å². The maximum atomic E-state index is 4.51. The van der Waals surface area contributed by atoms with E-state index in [4.69, 9.17) is 0 Å². The summed E-state index contributed by atoms with van der Waals surface area (Å²) in [5, 5.41) is 3.15. The number of nitrogens with zero attached hydrogens (tertiary/aromatic N) is 2. The maximum absolute atomic E-state index is 4.51. The lowest BCUT2D eigenvalue weighted by Gasteiger charge is -2.14. The molecule has 1 aromatic carbocycles. The van der Waals surface area contributed by atoms with E-state index in [1.165, 1.54) is 27.8 Å². The average molecular weight is 255 g/mol. The second kappa shape index (κ2) is 5.39. The van der Waals surface area contributed by atoms with Gasteiger partial charge in [0, 0.05) is 18.2 Å². The van der Waals surface area contributed by atoms with E-state index in [9.17, 15) is 0 Å². The minimum atomic E-state index is 0.915.